The first kappa shape index (κ1) is 54.2. The highest BCUT2D eigenvalue weighted by Crippen LogP contribution is 2.42. The van der Waals surface area contributed by atoms with Crippen LogP contribution in [0.1, 0.15) is 145 Å². The Hall–Kier alpha value is -2.79. The molecule has 0 spiro atoms. The zero-order valence-electron chi connectivity index (χ0n) is 40.6. The van der Waals surface area contributed by atoms with E-state index in [0.717, 1.165) is 21.2 Å². The number of carbonyl (C=O) groups is 3. The lowest BCUT2D eigenvalue weighted by molar-refractivity contribution is -0.296. The number of piperidine rings is 1. The normalized spacial score (nSPS) is 37.7. The molecule has 66 heavy (non-hydrogen) atoms. The Morgan fingerprint density at radius 1 is 0.939 bits per heavy atom. The minimum Gasteiger partial charge on any atom is -0.456 e. The highest BCUT2D eigenvalue weighted by atomic mass is 79.9. The number of aliphatic hydroxyl groups excluding tert-OH is 4. The number of hydrogen-bond donors (Lipinski definition) is 5. The number of cyclic esters (lactones) is 1. The van der Waals surface area contributed by atoms with Crippen LogP contribution in [0.4, 0.5) is 0 Å². The van der Waals surface area contributed by atoms with Crippen LogP contribution >= 0.6 is 15.9 Å². The Morgan fingerprint density at radius 2 is 1.61 bits per heavy atom. The third kappa shape index (κ3) is 13.7. The number of carbonyl (C=O) groups excluding carboxylic acids is 3. The van der Waals surface area contributed by atoms with Crippen molar-refractivity contribution < 1.29 is 58.9 Å². The van der Waals surface area contributed by atoms with E-state index in [9.17, 15) is 39.9 Å². The summed E-state index contributed by atoms with van der Waals surface area (Å²) in [5, 5.41) is 57.0. The van der Waals surface area contributed by atoms with E-state index in [2.05, 4.69) is 15.9 Å². The van der Waals surface area contributed by atoms with E-state index >= 15 is 0 Å². The zero-order valence-corrected chi connectivity index (χ0v) is 42.2. The van der Waals surface area contributed by atoms with Crippen LogP contribution in [0.3, 0.4) is 0 Å². The molecule has 14 heteroatoms. The maximum atomic E-state index is 14.4. The van der Waals surface area contributed by atoms with E-state index in [1.165, 1.54) is 4.90 Å². The van der Waals surface area contributed by atoms with Crippen molar-refractivity contribution in [3.8, 4) is 0 Å². The van der Waals surface area contributed by atoms with Gasteiger partial charge in [-0.05, 0) is 106 Å². The van der Waals surface area contributed by atoms with Gasteiger partial charge >= 0.3 is 5.97 Å². The molecule has 4 bridgehead atoms. The molecule has 0 aromatic heterocycles. The van der Waals surface area contributed by atoms with Crippen LogP contribution in [0, 0.1) is 29.6 Å². The lowest BCUT2D eigenvalue weighted by Crippen LogP contribution is -2.61. The maximum Gasteiger partial charge on any atom is 0.329 e. The van der Waals surface area contributed by atoms with Crippen LogP contribution in [-0.4, -0.2) is 115 Å². The summed E-state index contributed by atoms with van der Waals surface area (Å²) in [7, 11) is 0. The average Bonchev–Trinajstić information content (AvgIpc) is 3.27. The van der Waals surface area contributed by atoms with Crippen molar-refractivity contribution >= 4 is 33.6 Å². The van der Waals surface area contributed by atoms with E-state index in [-0.39, 0.29) is 62.3 Å². The third-order valence-electron chi connectivity index (χ3n) is 14.7. The van der Waals surface area contributed by atoms with Crippen LogP contribution in [0.15, 0.2) is 63.7 Å². The number of ether oxygens (including phenoxy) is 4. The summed E-state index contributed by atoms with van der Waals surface area (Å²) in [6.07, 6.45) is 3.34. The highest BCUT2D eigenvalue weighted by Gasteiger charge is 2.53. The number of nitrogens with zero attached hydrogens (tertiary/aromatic N) is 1. The number of allylic oxidation sites excluding steroid dienone is 1. The van der Waals surface area contributed by atoms with Crippen molar-refractivity contribution in [2.75, 3.05) is 6.54 Å². The van der Waals surface area contributed by atoms with Gasteiger partial charge in [0.1, 0.15) is 12.1 Å². The predicted molar refractivity (Wildman–Crippen MR) is 254 cm³/mol. The van der Waals surface area contributed by atoms with Crippen LogP contribution in [0.25, 0.3) is 0 Å². The summed E-state index contributed by atoms with van der Waals surface area (Å²) < 4.78 is 26.6. The maximum absolute atomic E-state index is 14.4. The SMILES string of the molecule is CCC1=CCC(C(C)=CC(C)C(C)O)OC(=O)C2CCCCN2C(=O)C(=O)C2(O)OC(CCC2C)CC2OC(c3ccc(Br)cc3)OC(CC(O)CC(O)C(C)=CC(C)CC(C)C1O)C2C. The molecule has 13 nitrogen and oxygen atoms in total. The molecule has 3 saturated heterocycles. The highest BCUT2D eigenvalue weighted by molar-refractivity contribution is 9.10. The molecule has 0 aliphatic carbocycles. The number of esters is 1. The van der Waals surface area contributed by atoms with Gasteiger partial charge in [0.2, 0.25) is 5.79 Å². The number of ketones is 1. The first-order valence-corrected chi connectivity index (χ1v) is 25.2. The zero-order chi connectivity index (χ0) is 48.6. The molecular weight excluding hydrogens is 910 g/mol. The van der Waals surface area contributed by atoms with Gasteiger partial charge in [0.15, 0.2) is 6.29 Å². The second-order valence-electron chi connectivity index (χ2n) is 20.1. The summed E-state index contributed by atoms with van der Waals surface area (Å²) in [4.78, 5) is 44.3. The van der Waals surface area contributed by atoms with Gasteiger partial charge in [-0.25, -0.2) is 4.79 Å². The van der Waals surface area contributed by atoms with Crippen LogP contribution in [-0.2, 0) is 33.3 Å². The van der Waals surface area contributed by atoms with Crippen molar-refractivity contribution in [2.24, 2.45) is 29.6 Å². The van der Waals surface area contributed by atoms with Crippen molar-refractivity contribution in [3.05, 3.63) is 69.2 Å². The van der Waals surface area contributed by atoms with Crippen LogP contribution in [0.2, 0.25) is 0 Å². The minimum atomic E-state index is -2.47. The van der Waals surface area contributed by atoms with Crippen LogP contribution < -0.4 is 0 Å². The Morgan fingerprint density at radius 3 is 2.26 bits per heavy atom. The van der Waals surface area contributed by atoms with E-state index in [0.29, 0.717) is 44.1 Å². The molecule has 5 rings (SSSR count). The fourth-order valence-electron chi connectivity index (χ4n) is 10.1. The van der Waals surface area contributed by atoms with E-state index < -0.39 is 90.5 Å². The number of hydrogen-bond acceptors (Lipinski definition) is 12. The Balaban J connectivity index is 1.51. The quantitative estimate of drug-likeness (QED) is 0.109. The molecule has 0 saturated carbocycles. The first-order chi connectivity index (χ1) is 31.1. The summed E-state index contributed by atoms with van der Waals surface area (Å²) >= 11 is 3.49. The second kappa shape index (κ2) is 24.2. The van der Waals surface area contributed by atoms with Gasteiger partial charge in [-0.15, -0.1) is 0 Å². The Labute approximate surface area is 401 Å². The molecule has 4 aliphatic heterocycles. The van der Waals surface area contributed by atoms with Gasteiger partial charge in [0.25, 0.3) is 11.7 Å². The van der Waals surface area contributed by atoms with Gasteiger partial charge in [-0.1, -0.05) is 87.8 Å². The lowest BCUT2D eigenvalue weighted by atomic mass is 9.83. The van der Waals surface area contributed by atoms with Crippen molar-refractivity contribution in [1.29, 1.82) is 0 Å². The second-order valence-corrected chi connectivity index (χ2v) is 21.0. The number of fused-ring (bicyclic) bond motifs is 5. The van der Waals surface area contributed by atoms with Gasteiger partial charge in [-0.2, -0.15) is 0 Å². The number of Topliss-reactive ketones (excluding diaryl/α,β-unsaturated/α-hetero) is 1. The summed E-state index contributed by atoms with van der Waals surface area (Å²) in [6, 6.07) is 6.46. The topological polar surface area (TPSA) is 193 Å². The molecule has 1 aromatic carbocycles. The third-order valence-corrected chi connectivity index (χ3v) is 15.2. The molecule has 4 aliphatic rings. The number of rotatable bonds is 5. The van der Waals surface area contributed by atoms with Gasteiger partial charge < -0.3 is 49.4 Å². The predicted octanol–water partition coefficient (Wildman–Crippen LogP) is 7.80. The number of amides is 1. The molecule has 16 unspecified atom stereocenters. The summed E-state index contributed by atoms with van der Waals surface area (Å²) in [6.45, 7) is 17.0. The van der Waals surface area contributed by atoms with Gasteiger partial charge in [0, 0.05) is 60.0 Å². The Kier molecular flexibility index (Phi) is 19.8. The molecule has 0 radical (unpaired) electrons. The fourth-order valence-corrected chi connectivity index (χ4v) is 10.3. The number of benzene rings is 1. The molecule has 4 heterocycles. The van der Waals surface area contributed by atoms with Gasteiger partial charge in [-0.3, -0.25) is 9.59 Å². The fraction of sp³-hybridized carbons (Fsp3) is 0.712. The van der Waals surface area contributed by atoms with E-state index in [1.807, 2.05) is 91.0 Å². The molecule has 1 amide bonds. The largest absolute Gasteiger partial charge is 0.456 e. The first-order valence-electron chi connectivity index (χ1n) is 24.4. The molecule has 370 valence electrons. The average molecular weight is 989 g/mol. The monoisotopic (exact) mass is 987 g/mol. The molecule has 1 aromatic rings. The summed E-state index contributed by atoms with van der Waals surface area (Å²) in [5.74, 6) is -6.76. The minimum absolute atomic E-state index is 0.00927. The van der Waals surface area contributed by atoms with Crippen LogP contribution in [0.5, 0.6) is 0 Å². The lowest BCUT2D eigenvalue weighted by Gasteiger charge is -2.45. The van der Waals surface area contributed by atoms with Crippen molar-refractivity contribution in [2.45, 2.75) is 200 Å². The van der Waals surface area contributed by atoms with Crippen molar-refractivity contribution in [3.63, 3.8) is 0 Å². The molecule has 3 fully saturated rings. The number of aliphatic hydroxyl groups is 5. The molecular formula is C52H78BrNO12. The summed E-state index contributed by atoms with van der Waals surface area (Å²) in [5.41, 5.74) is 2.95. The number of halogens is 1. The standard InChI is InChI=1S/C52H78BrNO12/c1-10-37-17-21-44(32(5)25-30(3)36(9)55)63-50(61)42-13-11-12-22-54(42)49(60)48(59)52(62)34(7)14-20-41(66-52)28-46-35(8)45(64-51(65-46)38-15-18-39(53)19-16-38)27-40(56)26-43(57)31(4)23-29(2)24-33(6)47(37)58/h15-19,23,25,29-30,33-36,40-47,51,55-58,62H,10-14,20-22,24,26-28H2,1-9H3. The van der Waals surface area contributed by atoms with E-state index in [1.54, 1.807) is 13.8 Å². The smallest absolute Gasteiger partial charge is 0.329 e. The van der Waals surface area contributed by atoms with Gasteiger partial charge in [0.05, 0.1) is 42.7 Å². The molecule has 5 N–H and O–H groups in total. The Bertz CT molecular complexity index is 1880. The van der Waals surface area contributed by atoms with E-state index in [4.69, 9.17) is 18.9 Å². The van der Waals surface area contributed by atoms with Crippen molar-refractivity contribution in [1.82, 2.24) is 4.90 Å². The molecule has 16 atom stereocenters.